The molecule has 3 aromatic carbocycles. The largest absolute Gasteiger partial charge is 0.490 e. The molecule has 0 spiro atoms. The third-order valence-corrected chi connectivity index (χ3v) is 10.7. The summed E-state index contributed by atoms with van der Waals surface area (Å²) < 4.78 is 23.3. The van der Waals surface area contributed by atoms with Crippen molar-refractivity contribution in [3.63, 3.8) is 0 Å². The Morgan fingerprint density at radius 2 is 1.08 bits per heavy atom. The number of hydrogen-bond donors (Lipinski definition) is 0. The van der Waals surface area contributed by atoms with E-state index >= 15 is 0 Å². The van der Waals surface area contributed by atoms with Gasteiger partial charge in [-0.3, -0.25) is 0 Å². The lowest BCUT2D eigenvalue weighted by Gasteiger charge is -2.26. The van der Waals surface area contributed by atoms with E-state index in [2.05, 4.69) is 38.2 Å². The van der Waals surface area contributed by atoms with Crippen LogP contribution in [0.25, 0.3) is 0 Å². The van der Waals surface area contributed by atoms with Gasteiger partial charge in [0.25, 0.3) is 0 Å². The Kier molecular flexibility index (Phi) is 15.9. The average Bonchev–Trinajstić information content (AvgIpc) is 3.19. The number of hydrogen-bond acceptors (Lipinski definition) is 6. The summed E-state index contributed by atoms with van der Waals surface area (Å²) in [5.74, 6) is 3.48. The maximum Gasteiger partial charge on any atom is 0.338 e. The molecule has 2 fully saturated rings. The van der Waals surface area contributed by atoms with Crippen LogP contribution in [0, 0.1) is 23.7 Å². The first-order valence-electron chi connectivity index (χ1n) is 19.7. The molecular formula is C46H58O6. The van der Waals surface area contributed by atoms with E-state index in [-0.39, 0.29) is 6.61 Å². The number of rotatable bonds is 18. The van der Waals surface area contributed by atoms with Crippen molar-refractivity contribution < 1.29 is 28.5 Å². The Labute approximate surface area is 311 Å². The van der Waals surface area contributed by atoms with E-state index in [0.29, 0.717) is 47.7 Å². The van der Waals surface area contributed by atoms with Crippen LogP contribution >= 0.6 is 0 Å². The van der Waals surface area contributed by atoms with Crippen molar-refractivity contribution >= 4 is 11.9 Å². The van der Waals surface area contributed by atoms with Crippen molar-refractivity contribution in [2.45, 2.75) is 97.0 Å². The number of carbonyl (C=O) groups excluding carboxylic acids is 2. The molecule has 0 heterocycles. The molecule has 0 saturated heterocycles. The van der Waals surface area contributed by atoms with Gasteiger partial charge in [-0.2, -0.15) is 0 Å². The van der Waals surface area contributed by atoms with Crippen molar-refractivity contribution in [2.24, 2.45) is 23.7 Å². The molecule has 2 aliphatic rings. The fraction of sp³-hybridized carbons (Fsp3) is 0.478. The van der Waals surface area contributed by atoms with E-state index in [9.17, 15) is 9.59 Å². The van der Waals surface area contributed by atoms with E-state index < -0.39 is 18.0 Å². The zero-order valence-corrected chi connectivity index (χ0v) is 31.3. The summed E-state index contributed by atoms with van der Waals surface area (Å²) in [5.41, 5.74) is 1.53. The molecule has 5 rings (SSSR count). The Balaban J connectivity index is 1.06. The van der Waals surface area contributed by atoms with Crippen molar-refractivity contribution in [3.8, 4) is 11.5 Å². The second-order valence-corrected chi connectivity index (χ2v) is 14.6. The maximum atomic E-state index is 13.2. The van der Waals surface area contributed by atoms with Crippen LogP contribution in [0.15, 0.2) is 103 Å². The molecule has 3 aromatic rings. The monoisotopic (exact) mass is 706 g/mol. The molecule has 0 N–H and O–H groups in total. The Hall–Kier alpha value is -4.32. The predicted molar refractivity (Wildman–Crippen MR) is 208 cm³/mol. The minimum absolute atomic E-state index is 0.119. The van der Waals surface area contributed by atoms with E-state index in [1.165, 1.54) is 77.0 Å². The second-order valence-electron chi connectivity index (χ2n) is 14.6. The highest BCUT2D eigenvalue weighted by Gasteiger charge is 2.22. The first kappa shape index (κ1) is 38.9. The van der Waals surface area contributed by atoms with Crippen molar-refractivity contribution in [1.29, 1.82) is 0 Å². The van der Waals surface area contributed by atoms with Gasteiger partial charge in [-0.1, -0.05) is 94.2 Å². The third kappa shape index (κ3) is 12.7. The summed E-state index contributed by atoms with van der Waals surface area (Å²) in [6, 6.07) is 23.2. The highest BCUT2D eigenvalue weighted by Crippen LogP contribution is 2.33. The number of allylic oxidation sites excluding steroid dienone is 2. The summed E-state index contributed by atoms with van der Waals surface area (Å²) in [7, 11) is 0. The van der Waals surface area contributed by atoms with Crippen LogP contribution in [-0.4, -0.2) is 31.8 Å². The first-order chi connectivity index (χ1) is 25.5. The smallest absolute Gasteiger partial charge is 0.338 e. The molecule has 0 bridgehead atoms. The number of carbonyl (C=O) groups is 2. The van der Waals surface area contributed by atoms with Crippen LogP contribution < -0.4 is 9.47 Å². The SMILES string of the molecule is CCCC1CCC(C=CCOc2ccc(C(=O)OC[C@H](OC(=O)c3ccc(OCC=CC4CCC(CCC)CC4)cc3)c3ccccc3)cc2)CC1. The molecule has 0 aliphatic heterocycles. The van der Waals surface area contributed by atoms with Gasteiger partial charge in [0, 0.05) is 0 Å². The van der Waals surface area contributed by atoms with Gasteiger partial charge in [0.2, 0.25) is 0 Å². The number of ether oxygens (including phenoxy) is 4. The van der Waals surface area contributed by atoms with Crippen molar-refractivity contribution in [2.75, 3.05) is 19.8 Å². The highest BCUT2D eigenvalue weighted by molar-refractivity contribution is 5.90. The lowest BCUT2D eigenvalue weighted by atomic mass is 9.80. The highest BCUT2D eigenvalue weighted by atomic mass is 16.6. The molecular weight excluding hydrogens is 648 g/mol. The summed E-state index contributed by atoms with van der Waals surface area (Å²) in [4.78, 5) is 26.2. The molecule has 52 heavy (non-hydrogen) atoms. The molecule has 0 aromatic heterocycles. The van der Waals surface area contributed by atoms with Crippen LogP contribution in [0.3, 0.4) is 0 Å². The van der Waals surface area contributed by atoms with E-state index in [1.807, 2.05) is 30.3 Å². The number of benzene rings is 3. The van der Waals surface area contributed by atoms with Crippen LogP contribution in [0.1, 0.15) is 123 Å². The predicted octanol–water partition coefficient (Wildman–Crippen LogP) is 11.5. The minimum atomic E-state index is -0.771. The fourth-order valence-electron chi connectivity index (χ4n) is 7.61. The van der Waals surface area contributed by atoms with Gasteiger partial charge in [-0.15, -0.1) is 0 Å². The second kappa shape index (κ2) is 21.3. The Morgan fingerprint density at radius 3 is 1.54 bits per heavy atom. The maximum absolute atomic E-state index is 13.2. The van der Waals surface area contributed by atoms with Gasteiger partial charge in [-0.25, -0.2) is 9.59 Å². The van der Waals surface area contributed by atoms with E-state index in [4.69, 9.17) is 18.9 Å². The molecule has 6 heteroatoms. The zero-order valence-electron chi connectivity index (χ0n) is 31.3. The van der Waals surface area contributed by atoms with Gasteiger partial charge >= 0.3 is 11.9 Å². The van der Waals surface area contributed by atoms with E-state index in [0.717, 1.165) is 17.4 Å². The van der Waals surface area contributed by atoms with Crippen LogP contribution in [0.4, 0.5) is 0 Å². The molecule has 0 amide bonds. The van der Waals surface area contributed by atoms with Crippen LogP contribution in [-0.2, 0) is 9.47 Å². The topological polar surface area (TPSA) is 71.1 Å². The molecule has 2 aliphatic carbocycles. The third-order valence-electron chi connectivity index (χ3n) is 10.7. The molecule has 0 radical (unpaired) electrons. The van der Waals surface area contributed by atoms with E-state index in [1.54, 1.807) is 48.5 Å². The van der Waals surface area contributed by atoms with Crippen LogP contribution in [0.5, 0.6) is 11.5 Å². The van der Waals surface area contributed by atoms with Crippen molar-refractivity contribution in [3.05, 3.63) is 120 Å². The summed E-state index contributed by atoms with van der Waals surface area (Å²) >= 11 is 0. The van der Waals surface area contributed by atoms with Gasteiger partial charge in [0.1, 0.15) is 31.3 Å². The standard InChI is InChI=1S/C46H58O6/c1-3-10-35-16-20-37(21-17-35)12-8-32-49-42-28-24-40(25-29-42)45(47)51-34-44(39-14-6-5-7-15-39)52-46(48)41-26-30-43(31-27-41)50-33-9-13-38-22-18-36(11-4-2)19-23-38/h5-9,12-15,24-31,35-38,44H,3-4,10-11,16-23,32-34H2,1-2H3/t35?,36?,37?,38?,44-/m0/s1. The van der Waals surface area contributed by atoms with Gasteiger partial charge < -0.3 is 18.9 Å². The molecule has 1 atom stereocenters. The lowest BCUT2D eigenvalue weighted by Crippen LogP contribution is -2.19. The normalized spacial score (nSPS) is 21.1. The Morgan fingerprint density at radius 1 is 0.615 bits per heavy atom. The van der Waals surface area contributed by atoms with Gasteiger partial charge in [0.05, 0.1) is 11.1 Å². The molecule has 6 nitrogen and oxygen atoms in total. The number of esters is 2. The van der Waals surface area contributed by atoms with Gasteiger partial charge in [-0.05, 0) is 129 Å². The average molecular weight is 707 g/mol. The quantitative estimate of drug-likeness (QED) is 0.0968. The summed E-state index contributed by atoms with van der Waals surface area (Å²) in [5, 5.41) is 0. The zero-order chi connectivity index (χ0) is 36.4. The van der Waals surface area contributed by atoms with Crippen molar-refractivity contribution in [1.82, 2.24) is 0 Å². The molecule has 2 saturated carbocycles. The first-order valence-corrected chi connectivity index (χ1v) is 19.7. The fourth-order valence-corrected chi connectivity index (χ4v) is 7.61. The molecule has 0 unspecified atom stereocenters. The van der Waals surface area contributed by atoms with Gasteiger partial charge in [0.15, 0.2) is 6.10 Å². The summed E-state index contributed by atoms with van der Waals surface area (Å²) in [6.45, 7) is 5.42. The Bertz CT molecular complexity index is 1530. The molecule has 278 valence electrons. The lowest BCUT2D eigenvalue weighted by molar-refractivity contribution is -0.00134. The van der Waals surface area contributed by atoms with Crippen LogP contribution in [0.2, 0.25) is 0 Å². The summed E-state index contributed by atoms with van der Waals surface area (Å²) in [6.07, 6.45) is 23.7. The minimum Gasteiger partial charge on any atom is -0.490 e.